The van der Waals surface area contributed by atoms with Gasteiger partial charge < -0.3 is 14.2 Å². The molecule has 0 bridgehead atoms. The molecule has 2 aliphatic heterocycles. The number of fused-ring (bicyclic) bond motifs is 1. The van der Waals surface area contributed by atoms with E-state index in [2.05, 4.69) is 13.0 Å². The molecule has 4 nitrogen and oxygen atoms in total. The first-order valence-corrected chi connectivity index (χ1v) is 7.20. The number of nitrogens with zero attached hydrogens (tertiary/aromatic N) is 1. The van der Waals surface area contributed by atoms with Crippen LogP contribution in [0, 0.1) is 17.2 Å². The second kappa shape index (κ2) is 5.34. The lowest BCUT2D eigenvalue weighted by Crippen LogP contribution is -2.09. The van der Waals surface area contributed by atoms with Crippen molar-refractivity contribution in [3.8, 4) is 17.6 Å². The largest absolute Gasteiger partial charge is 0.493 e. The van der Waals surface area contributed by atoms with Crippen LogP contribution < -0.4 is 9.47 Å². The van der Waals surface area contributed by atoms with E-state index in [9.17, 15) is 5.26 Å². The van der Waals surface area contributed by atoms with Gasteiger partial charge in [0.25, 0.3) is 0 Å². The van der Waals surface area contributed by atoms with Crippen LogP contribution in [0.15, 0.2) is 12.1 Å². The van der Waals surface area contributed by atoms with Gasteiger partial charge in [0.2, 0.25) is 0 Å². The van der Waals surface area contributed by atoms with Crippen molar-refractivity contribution < 1.29 is 14.2 Å². The summed E-state index contributed by atoms with van der Waals surface area (Å²) in [6, 6.07) is 6.39. The Kier molecular flexibility index (Phi) is 3.54. The quantitative estimate of drug-likeness (QED) is 0.849. The summed E-state index contributed by atoms with van der Waals surface area (Å²) < 4.78 is 17.3. The summed E-state index contributed by atoms with van der Waals surface area (Å²) in [4.78, 5) is 0. The smallest absolute Gasteiger partial charge is 0.125 e. The van der Waals surface area contributed by atoms with Gasteiger partial charge in [0.1, 0.15) is 23.7 Å². The summed E-state index contributed by atoms with van der Waals surface area (Å²) in [5.74, 6) is 1.63. The van der Waals surface area contributed by atoms with Crippen molar-refractivity contribution in [1.29, 1.82) is 5.26 Å². The van der Waals surface area contributed by atoms with Gasteiger partial charge in [0.15, 0.2) is 0 Å². The second-order valence-corrected chi connectivity index (χ2v) is 5.38. The zero-order valence-electron chi connectivity index (χ0n) is 11.9. The first-order valence-electron chi connectivity index (χ1n) is 7.20. The van der Waals surface area contributed by atoms with Crippen LogP contribution in [0.5, 0.6) is 11.5 Å². The first kappa shape index (κ1) is 13.3. The van der Waals surface area contributed by atoms with Gasteiger partial charge in [-0.2, -0.15) is 5.26 Å². The van der Waals surface area contributed by atoms with Gasteiger partial charge in [-0.1, -0.05) is 0 Å². The highest BCUT2D eigenvalue weighted by atomic mass is 16.5. The van der Waals surface area contributed by atoms with E-state index in [1.165, 1.54) is 5.56 Å². The lowest BCUT2D eigenvalue weighted by atomic mass is 9.94. The molecule has 4 heteroatoms. The molecule has 0 aliphatic carbocycles. The average molecular weight is 273 g/mol. The van der Waals surface area contributed by atoms with Gasteiger partial charge in [-0.05, 0) is 32.4 Å². The molecule has 2 aliphatic rings. The molecule has 3 rings (SSSR count). The van der Waals surface area contributed by atoms with Crippen LogP contribution in [0.3, 0.4) is 0 Å². The normalized spacial score (nSPS) is 27.8. The molecule has 2 heterocycles. The lowest BCUT2D eigenvalue weighted by molar-refractivity contribution is 0.0974. The molecule has 0 aromatic heterocycles. The lowest BCUT2D eigenvalue weighted by Gasteiger charge is -2.19. The number of rotatable bonds is 3. The maximum Gasteiger partial charge on any atom is 0.125 e. The fourth-order valence-electron chi connectivity index (χ4n) is 2.99. The third-order valence-electron chi connectivity index (χ3n) is 3.89. The minimum Gasteiger partial charge on any atom is -0.493 e. The highest BCUT2D eigenvalue weighted by Gasteiger charge is 2.34. The highest BCUT2D eigenvalue weighted by Crippen LogP contribution is 2.43. The Labute approximate surface area is 119 Å². The Morgan fingerprint density at radius 3 is 3.05 bits per heavy atom. The summed E-state index contributed by atoms with van der Waals surface area (Å²) in [6.45, 7) is 5.26. The van der Waals surface area contributed by atoms with E-state index in [1.54, 1.807) is 0 Å². The number of ether oxygens (including phenoxy) is 3. The predicted octanol–water partition coefficient (Wildman–Crippen LogP) is 3.01. The Bertz CT molecular complexity index is 549. The molecule has 20 heavy (non-hydrogen) atoms. The topological polar surface area (TPSA) is 51.5 Å². The molecule has 3 atom stereocenters. The van der Waals surface area contributed by atoms with Gasteiger partial charge in [0.05, 0.1) is 18.6 Å². The predicted molar refractivity (Wildman–Crippen MR) is 73.8 cm³/mol. The van der Waals surface area contributed by atoms with Crippen molar-refractivity contribution in [2.45, 2.75) is 38.9 Å². The SMILES string of the molecule is CCOc1cc2c(cc1C1OCCC1C#N)OC(C)C2. The van der Waals surface area contributed by atoms with E-state index in [1.807, 2.05) is 19.1 Å². The van der Waals surface area contributed by atoms with Gasteiger partial charge in [-0.25, -0.2) is 0 Å². The third kappa shape index (κ3) is 2.23. The van der Waals surface area contributed by atoms with Gasteiger partial charge in [-0.15, -0.1) is 0 Å². The van der Waals surface area contributed by atoms with Gasteiger partial charge in [-0.3, -0.25) is 0 Å². The summed E-state index contributed by atoms with van der Waals surface area (Å²) >= 11 is 0. The molecular weight excluding hydrogens is 254 g/mol. The Hall–Kier alpha value is -1.73. The van der Waals surface area contributed by atoms with Crippen molar-refractivity contribution in [2.24, 2.45) is 5.92 Å². The number of hydrogen-bond donors (Lipinski definition) is 0. The Morgan fingerprint density at radius 2 is 2.30 bits per heavy atom. The fourth-order valence-corrected chi connectivity index (χ4v) is 2.99. The standard InChI is InChI=1S/C16H19NO3/c1-3-18-15-7-12-6-10(2)20-14(12)8-13(15)16-11(9-17)4-5-19-16/h7-8,10-11,16H,3-6H2,1-2H3. The van der Waals surface area contributed by atoms with Crippen LogP contribution in [0.1, 0.15) is 37.5 Å². The van der Waals surface area contributed by atoms with E-state index in [0.717, 1.165) is 29.9 Å². The number of benzene rings is 1. The van der Waals surface area contributed by atoms with Crippen LogP contribution in [0.4, 0.5) is 0 Å². The molecule has 1 fully saturated rings. The average Bonchev–Trinajstić information content (AvgIpc) is 3.02. The second-order valence-electron chi connectivity index (χ2n) is 5.38. The molecule has 0 spiro atoms. The third-order valence-corrected chi connectivity index (χ3v) is 3.89. The van der Waals surface area contributed by atoms with Crippen molar-refractivity contribution in [3.63, 3.8) is 0 Å². The molecule has 0 radical (unpaired) electrons. The summed E-state index contributed by atoms with van der Waals surface area (Å²) in [5, 5.41) is 9.25. The molecule has 0 amide bonds. The minimum absolute atomic E-state index is 0.105. The van der Waals surface area contributed by atoms with Gasteiger partial charge >= 0.3 is 0 Å². The monoisotopic (exact) mass is 273 g/mol. The zero-order valence-corrected chi connectivity index (χ0v) is 11.9. The number of nitriles is 1. The van der Waals surface area contributed by atoms with Crippen molar-refractivity contribution in [3.05, 3.63) is 23.3 Å². The summed E-state index contributed by atoms with van der Waals surface area (Å²) in [7, 11) is 0. The molecular formula is C16H19NO3. The van der Waals surface area contributed by atoms with Crippen LogP contribution >= 0.6 is 0 Å². The molecule has 106 valence electrons. The van der Waals surface area contributed by atoms with E-state index < -0.39 is 0 Å². The molecule has 0 saturated carbocycles. The maximum atomic E-state index is 9.25. The van der Waals surface area contributed by atoms with E-state index in [-0.39, 0.29) is 18.1 Å². The Balaban J connectivity index is 2.01. The maximum absolute atomic E-state index is 9.25. The van der Waals surface area contributed by atoms with E-state index in [0.29, 0.717) is 13.2 Å². The van der Waals surface area contributed by atoms with Crippen molar-refractivity contribution in [1.82, 2.24) is 0 Å². The zero-order chi connectivity index (χ0) is 14.1. The first-order chi connectivity index (χ1) is 9.72. The Morgan fingerprint density at radius 1 is 1.45 bits per heavy atom. The van der Waals surface area contributed by atoms with Gasteiger partial charge in [0, 0.05) is 24.2 Å². The minimum atomic E-state index is -0.202. The molecule has 0 N–H and O–H groups in total. The molecule has 1 aromatic carbocycles. The highest BCUT2D eigenvalue weighted by molar-refractivity contribution is 5.50. The van der Waals surface area contributed by atoms with Crippen LogP contribution in [0.25, 0.3) is 0 Å². The molecule has 1 saturated heterocycles. The molecule has 1 aromatic rings. The van der Waals surface area contributed by atoms with Crippen LogP contribution in [0.2, 0.25) is 0 Å². The van der Waals surface area contributed by atoms with Crippen LogP contribution in [-0.4, -0.2) is 19.3 Å². The summed E-state index contributed by atoms with van der Waals surface area (Å²) in [5.41, 5.74) is 2.12. The van der Waals surface area contributed by atoms with E-state index >= 15 is 0 Å². The van der Waals surface area contributed by atoms with E-state index in [4.69, 9.17) is 14.2 Å². The van der Waals surface area contributed by atoms with Crippen molar-refractivity contribution >= 4 is 0 Å². The summed E-state index contributed by atoms with van der Waals surface area (Å²) in [6.07, 6.45) is 1.68. The van der Waals surface area contributed by atoms with Crippen LogP contribution in [-0.2, 0) is 11.2 Å². The van der Waals surface area contributed by atoms with Crippen molar-refractivity contribution in [2.75, 3.05) is 13.2 Å². The molecule has 3 unspecified atom stereocenters. The fraction of sp³-hybridized carbons (Fsp3) is 0.562. The number of hydrogen-bond acceptors (Lipinski definition) is 4.